The van der Waals surface area contributed by atoms with Crippen LogP contribution in [0.5, 0.6) is 5.75 Å². The second-order valence-corrected chi connectivity index (χ2v) is 13.2. The minimum atomic E-state index is -3.90. The molecule has 0 saturated carbocycles. The van der Waals surface area contributed by atoms with Crippen LogP contribution < -0.4 is 10.3 Å². The summed E-state index contributed by atoms with van der Waals surface area (Å²) in [7, 11) is -3.90. The lowest BCUT2D eigenvalue weighted by molar-refractivity contribution is 0.0875. The van der Waals surface area contributed by atoms with Crippen LogP contribution in [0.4, 0.5) is 0 Å². The maximum Gasteiger partial charge on any atom is 0.277 e. The van der Waals surface area contributed by atoms with Gasteiger partial charge < -0.3 is 9.72 Å². The van der Waals surface area contributed by atoms with Crippen molar-refractivity contribution in [1.29, 1.82) is 0 Å². The maximum atomic E-state index is 13.9. The van der Waals surface area contributed by atoms with E-state index in [0.29, 0.717) is 54.0 Å². The summed E-state index contributed by atoms with van der Waals surface area (Å²) in [6.45, 7) is 8.85. The van der Waals surface area contributed by atoms with Gasteiger partial charge in [-0.2, -0.15) is 4.31 Å². The number of rotatable bonds is 12. The number of Topliss-reactive ketones (excluding diaryl/α,β-unsaturated/α-hetero) is 1. The predicted octanol–water partition coefficient (Wildman–Crippen LogP) is 5.62. The van der Waals surface area contributed by atoms with Gasteiger partial charge in [-0.25, -0.2) is 17.9 Å². The summed E-state index contributed by atoms with van der Waals surface area (Å²) in [5.41, 5.74) is 1.79. The van der Waals surface area contributed by atoms with Crippen molar-refractivity contribution in [2.45, 2.75) is 77.0 Å². The van der Waals surface area contributed by atoms with E-state index in [9.17, 15) is 18.0 Å². The summed E-state index contributed by atoms with van der Waals surface area (Å²) >= 11 is 0. The van der Waals surface area contributed by atoms with Gasteiger partial charge >= 0.3 is 0 Å². The van der Waals surface area contributed by atoms with Gasteiger partial charge in [0.25, 0.3) is 5.56 Å². The van der Waals surface area contributed by atoms with E-state index in [2.05, 4.69) is 18.8 Å². The molecule has 0 bridgehead atoms. The Hall–Kier alpha value is -3.83. The Labute approximate surface area is 258 Å². The number of aromatic nitrogens is 4. The molecule has 4 aromatic rings. The van der Waals surface area contributed by atoms with Gasteiger partial charge in [-0.3, -0.25) is 9.59 Å². The van der Waals surface area contributed by atoms with Crippen LogP contribution >= 0.6 is 0 Å². The second-order valence-electron chi connectivity index (χ2n) is 11.2. The van der Waals surface area contributed by atoms with E-state index in [1.165, 1.54) is 16.4 Å². The van der Waals surface area contributed by atoms with Crippen molar-refractivity contribution in [2.24, 2.45) is 5.92 Å². The molecule has 0 spiro atoms. The molecule has 0 radical (unpaired) electrons. The third-order valence-electron chi connectivity index (χ3n) is 8.46. The number of hydrogen-bond donors (Lipinski definition) is 1. The van der Waals surface area contributed by atoms with Gasteiger partial charge in [0.1, 0.15) is 11.6 Å². The fraction of sp³-hybridized carbons (Fsp3) is 0.455. The first-order valence-corrected chi connectivity index (χ1v) is 17.1. The monoisotopic (exact) mass is 619 g/mol. The topological polar surface area (TPSA) is 127 Å². The number of ketones is 1. The number of ether oxygens (including phenoxy) is 1. The van der Waals surface area contributed by atoms with E-state index in [1.54, 1.807) is 22.7 Å². The summed E-state index contributed by atoms with van der Waals surface area (Å²) in [5.74, 6) is 1.32. The molecule has 11 heteroatoms. The predicted molar refractivity (Wildman–Crippen MR) is 170 cm³/mol. The molecule has 10 nitrogen and oxygen atoms in total. The van der Waals surface area contributed by atoms with Gasteiger partial charge in [0.2, 0.25) is 10.0 Å². The fourth-order valence-corrected chi connectivity index (χ4v) is 7.57. The lowest BCUT2D eigenvalue weighted by Gasteiger charge is -2.30. The van der Waals surface area contributed by atoms with Crippen molar-refractivity contribution >= 4 is 21.3 Å². The minimum absolute atomic E-state index is 0.0470. The molecule has 2 aromatic heterocycles. The number of benzene rings is 2. The van der Waals surface area contributed by atoms with Crippen LogP contribution in [-0.4, -0.2) is 57.8 Å². The van der Waals surface area contributed by atoms with Crippen LogP contribution in [0.1, 0.15) is 87.6 Å². The van der Waals surface area contributed by atoms with Crippen molar-refractivity contribution in [1.82, 2.24) is 23.9 Å². The van der Waals surface area contributed by atoms with E-state index in [4.69, 9.17) is 14.8 Å². The highest BCUT2D eigenvalue weighted by Crippen LogP contribution is 2.34. The quantitative estimate of drug-likeness (QED) is 0.204. The summed E-state index contributed by atoms with van der Waals surface area (Å²) < 4.78 is 36.6. The second kappa shape index (κ2) is 13.4. The van der Waals surface area contributed by atoms with E-state index >= 15 is 0 Å². The lowest BCUT2D eigenvalue weighted by Crippen LogP contribution is -2.40. The molecule has 44 heavy (non-hydrogen) atoms. The summed E-state index contributed by atoms with van der Waals surface area (Å²) in [5, 5.41) is 4.84. The number of aromatic amines is 1. The molecular weight excluding hydrogens is 578 g/mol. The molecule has 1 unspecified atom stereocenters. The highest BCUT2D eigenvalue weighted by Gasteiger charge is 2.33. The molecular formula is C33H41N5O5S. The third kappa shape index (κ3) is 6.08. The number of hydrogen-bond acceptors (Lipinski definition) is 7. The zero-order valence-electron chi connectivity index (χ0n) is 25.9. The number of imidazole rings is 1. The molecule has 5 rings (SSSR count). The number of nitrogens with zero attached hydrogens (tertiary/aromatic N) is 4. The Morgan fingerprint density at radius 1 is 1.07 bits per heavy atom. The Morgan fingerprint density at radius 2 is 1.80 bits per heavy atom. The Balaban J connectivity index is 1.51. The fourth-order valence-electron chi connectivity index (χ4n) is 6.07. The minimum Gasteiger partial charge on any atom is -0.493 e. The standard InChI is InChI=1S/C33H41N5O5S/c1-5-12-22(6-2)32-34-27(7-3)29-33(40)35-31(36-38(29)32)26-21-25(15-16-28(26)43-8-4)44(41,42)37-19-17-24(18-20-37)30(39)23-13-10-9-11-14-23/h9-11,13-16,21-22,24H,5-8,12,17-20H2,1-4H3,(H,35,36,40). The number of carbonyl (C=O) groups excluding carboxylic acids is 1. The molecule has 0 amide bonds. The summed E-state index contributed by atoms with van der Waals surface area (Å²) in [6, 6.07) is 13.8. The smallest absolute Gasteiger partial charge is 0.277 e. The van der Waals surface area contributed by atoms with Crippen LogP contribution in [-0.2, 0) is 16.4 Å². The number of H-pyrrole nitrogens is 1. The zero-order chi connectivity index (χ0) is 31.4. The Morgan fingerprint density at radius 3 is 2.43 bits per heavy atom. The first-order valence-electron chi connectivity index (χ1n) is 15.6. The molecule has 2 aromatic carbocycles. The average molecular weight is 620 g/mol. The number of fused-ring (bicyclic) bond motifs is 1. The first kappa shape index (κ1) is 31.6. The number of sulfonamides is 1. The molecule has 1 aliphatic heterocycles. The molecule has 1 aliphatic rings. The summed E-state index contributed by atoms with van der Waals surface area (Å²) in [4.78, 5) is 34.2. The SMILES string of the molecule is CCCC(CC)c1nc(CC)c2c(=O)[nH]c(-c3cc(S(=O)(=O)N4CCC(C(=O)c5ccccc5)CC4)ccc3OCC)nn12. The molecule has 0 aliphatic carbocycles. The molecule has 1 fully saturated rings. The van der Waals surface area contributed by atoms with Crippen LogP contribution in [0.3, 0.4) is 0 Å². The van der Waals surface area contributed by atoms with Crippen LogP contribution in [0.15, 0.2) is 58.2 Å². The van der Waals surface area contributed by atoms with Gasteiger partial charge in [-0.05, 0) is 57.2 Å². The first-order chi connectivity index (χ1) is 21.2. The van der Waals surface area contributed by atoms with Gasteiger partial charge in [0.15, 0.2) is 17.1 Å². The largest absolute Gasteiger partial charge is 0.493 e. The van der Waals surface area contributed by atoms with E-state index in [0.717, 1.165) is 25.1 Å². The molecule has 1 atom stereocenters. The van der Waals surface area contributed by atoms with E-state index < -0.39 is 10.0 Å². The van der Waals surface area contributed by atoms with Gasteiger partial charge in [0, 0.05) is 30.5 Å². The molecule has 234 valence electrons. The van der Waals surface area contributed by atoms with Gasteiger partial charge in [-0.15, -0.1) is 5.10 Å². The Kier molecular flexibility index (Phi) is 9.65. The average Bonchev–Trinajstić information content (AvgIpc) is 3.43. The summed E-state index contributed by atoms with van der Waals surface area (Å²) in [6.07, 6.45) is 4.21. The molecule has 1 saturated heterocycles. The number of carbonyl (C=O) groups is 1. The van der Waals surface area contributed by atoms with Gasteiger partial charge in [0.05, 0.1) is 22.8 Å². The van der Waals surface area contributed by atoms with Crippen LogP contribution in [0.25, 0.3) is 16.9 Å². The molecule has 3 heterocycles. The van der Waals surface area contributed by atoms with Crippen molar-refractivity contribution in [3.63, 3.8) is 0 Å². The van der Waals surface area contributed by atoms with Crippen molar-refractivity contribution in [3.8, 4) is 17.1 Å². The van der Waals surface area contributed by atoms with Crippen molar-refractivity contribution < 1.29 is 17.9 Å². The number of piperidine rings is 1. The highest BCUT2D eigenvalue weighted by atomic mass is 32.2. The van der Waals surface area contributed by atoms with Crippen LogP contribution in [0.2, 0.25) is 0 Å². The van der Waals surface area contributed by atoms with E-state index in [1.807, 2.05) is 32.0 Å². The number of aryl methyl sites for hydroxylation is 1. The Bertz CT molecular complexity index is 1790. The molecule has 1 N–H and O–H groups in total. The normalized spacial score (nSPS) is 15.5. The maximum absolute atomic E-state index is 13.9. The lowest BCUT2D eigenvalue weighted by atomic mass is 9.90. The van der Waals surface area contributed by atoms with Crippen LogP contribution in [0, 0.1) is 5.92 Å². The zero-order valence-corrected chi connectivity index (χ0v) is 26.7. The highest BCUT2D eigenvalue weighted by molar-refractivity contribution is 7.89. The third-order valence-corrected chi connectivity index (χ3v) is 10.4. The number of nitrogens with one attached hydrogen (secondary N) is 1. The van der Waals surface area contributed by atoms with Gasteiger partial charge in [-0.1, -0.05) is 57.5 Å². The van der Waals surface area contributed by atoms with Crippen molar-refractivity contribution in [3.05, 3.63) is 76.0 Å². The van der Waals surface area contributed by atoms with E-state index in [-0.39, 0.29) is 47.0 Å². The van der Waals surface area contributed by atoms with Crippen molar-refractivity contribution in [2.75, 3.05) is 19.7 Å².